The second-order valence-electron chi connectivity index (χ2n) is 5.56. The third-order valence-electron chi connectivity index (χ3n) is 3.90. The van der Waals surface area contributed by atoms with Crippen LogP contribution in [0.4, 0.5) is 4.39 Å². The van der Waals surface area contributed by atoms with Crippen LogP contribution in [-0.2, 0) is 0 Å². The molecular formula is C17H14FN5O2. The van der Waals surface area contributed by atoms with Crippen molar-refractivity contribution in [2.45, 2.75) is 18.9 Å². The number of benzene rings is 1. The Morgan fingerprint density at radius 3 is 2.64 bits per heavy atom. The second-order valence-corrected chi connectivity index (χ2v) is 5.56. The molecule has 2 aromatic rings. The van der Waals surface area contributed by atoms with Crippen LogP contribution >= 0.6 is 0 Å². The van der Waals surface area contributed by atoms with Crippen molar-refractivity contribution in [1.82, 2.24) is 15.1 Å². The highest BCUT2D eigenvalue weighted by atomic mass is 19.1. The van der Waals surface area contributed by atoms with E-state index in [1.807, 2.05) is 6.07 Å². The van der Waals surface area contributed by atoms with Gasteiger partial charge in [0, 0.05) is 6.07 Å². The van der Waals surface area contributed by atoms with Crippen molar-refractivity contribution in [3.8, 4) is 23.6 Å². The quantitative estimate of drug-likeness (QED) is 0.902. The van der Waals surface area contributed by atoms with Gasteiger partial charge in [0.1, 0.15) is 24.1 Å². The number of hydrogen-bond acceptors (Lipinski definition) is 6. The van der Waals surface area contributed by atoms with E-state index in [9.17, 15) is 14.4 Å². The van der Waals surface area contributed by atoms with Gasteiger partial charge in [0.2, 0.25) is 5.69 Å². The summed E-state index contributed by atoms with van der Waals surface area (Å²) in [5.74, 6) is -0.632. The van der Waals surface area contributed by atoms with Gasteiger partial charge in [0.25, 0.3) is 5.56 Å². The molecule has 1 fully saturated rings. The van der Waals surface area contributed by atoms with E-state index in [1.165, 1.54) is 18.2 Å². The molecule has 1 N–H and O–H groups in total. The van der Waals surface area contributed by atoms with Crippen LogP contribution in [0.25, 0.3) is 5.69 Å². The van der Waals surface area contributed by atoms with Crippen LogP contribution < -0.4 is 15.6 Å². The maximum absolute atomic E-state index is 13.8. The van der Waals surface area contributed by atoms with Crippen molar-refractivity contribution in [1.29, 1.82) is 10.5 Å². The molecule has 1 aliphatic rings. The minimum atomic E-state index is -0.762. The molecule has 25 heavy (non-hydrogen) atoms. The van der Waals surface area contributed by atoms with E-state index < -0.39 is 11.4 Å². The van der Waals surface area contributed by atoms with Gasteiger partial charge in [-0.25, -0.2) is 4.39 Å². The molecule has 8 heteroatoms. The van der Waals surface area contributed by atoms with Crippen LogP contribution in [-0.4, -0.2) is 29.0 Å². The molecule has 0 aliphatic carbocycles. The molecule has 1 aliphatic heterocycles. The maximum atomic E-state index is 13.8. The van der Waals surface area contributed by atoms with Gasteiger partial charge in [-0.3, -0.25) is 4.79 Å². The number of ether oxygens (including phenoxy) is 1. The number of nitrogens with zero attached hydrogens (tertiary/aromatic N) is 4. The van der Waals surface area contributed by atoms with Crippen molar-refractivity contribution in [2.75, 3.05) is 13.1 Å². The topological polar surface area (TPSA) is 104 Å². The van der Waals surface area contributed by atoms with Crippen LogP contribution in [0.15, 0.2) is 29.1 Å². The molecule has 1 aromatic carbocycles. The molecule has 3 rings (SSSR count). The number of piperidine rings is 1. The first-order valence-corrected chi connectivity index (χ1v) is 7.74. The number of hydrogen-bond donors (Lipinski definition) is 1. The zero-order chi connectivity index (χ0) is 17.8. The number of aromatic nitrogens is 2. The monoisotopic (exact) mass is 339 g/mol. The van der Waals surface area contributed by atoms with Gasteiger partial charge in [0.15, 0.2) is 5.75 Å². The summed E-state index contributed by atoms with van der Waals surface area (Å²) < 4.78 is 20.4. The van der Waals surface area contributed by atoms with E-state index in [0.29, 0.717) is 0 Å². The summed E-state index contributed by atoms with van der Waals surface area (Å²) in [5.41, 5.74) is -0.607. The first kappa shape index (κ1) is 16.6. The van der Waals surface area contributed by atoms with Crippen LogP contribution in [0.2, 0.25) is 0 Å². The van der Waals surface area contributed by atoms with E-state index in [-0.39, 0.29) is 28.8 Å². The van der Waals surface area contributed by atoms with Crippen LogP contribution in [0, 0.1) is 28.5 Å². The molecule has 0 atom stereocenters. The molecule has 2 heterocycles. The molecule has 0 unspecified atom stereocenters. The Hall–Kier alpha value is -3.23. The third-order valence-corrected chi connectivity index (χ3v) is 3.90. The first-order chi connectivity index (χ1) is 12.1. The van der Waals surface area contributed by atoms with Gasteiger partial charge in [-0.05, 0) is 38.1 Å². The molecular weight excluding hydrogens is 325 g/mol. The average Bonchev–Trinajstić information content (AvgIpc) is 2.63. The van der Waals surface area contributed by atoms with Crippen molar-refractivity contribution in [3.05, 3.63) is 51.7 Å². The Balaban J connectivity index is 1.97. The van der Waals surface area contributed by atoms with Crippen molar-refractivity contribution in [2.24, 2.45) is 0 Å². The Labute approximate surface area is 142 Å². The minimum absolute atomic E-state index is 0.0529. The molecule has 0 spiro atoms. The first-order valence-electron chi connectivity index (χ1n) is 7.74. The lowest BCUT2D eigenvalue weighted by atomic mass is 10.1. The largest absolute Gasteiger partial charge is 0.487 e. The second kappa shape index (κ2) is 7.12. The predicted octanol–water partition coefficient (Wildman–Crippen LogP) is 1.25. The summed E-state index contributed by atoms with van der Waals surface area (Å²) in [5, 5.41) is 25.3. The summed E-state index contributed by atoms with van der Waals surface area (Å²) >= 11 is 0. The van der Waals surface area contributed by atoms with E-state index >= 15 is 0 Å². The van der Waals surface area contributed by atoms with Crippen molar-refractivity contribution >= 4 is 0 Å². The molecule has 1 aromatic heterocycles. The van der Waals surface area contributed by atoms with Gasteiger partial charge in [0.05, 0.1) is 17.3 Å². The van der Waals surface area contributed by atoms with E-state index in [2.05, 4.69) is 10.4 Å². The van der Waals surface area contributed by atoms with Gasteiger partial charge >= 0.3 is 0 Å². The number of rotatable bonds is 3. The fourth-order valence-corrected chi connectivity index (χ4v) is 2.61. The summed E-state index contributed by atoms with van der Waals surface area (Å²) in [7, 11) is 0. The van der Waals surface area contributed by atoms with Gasteiger partial charge < -0.3 is 10.1 Å². The van der Waals surface area contributed by atoms with E-state index in [0.717, 1.165) is 36.7 Å². The number of nitriles is 2. The highest BCUT2D eigenvalue weighted by Gasteiger charge is 2.19. The molecule has 0 bridgehead atoms. The summed E-state index contributed by atoms with van der Waals surface area (Å²) in [6.45, 7) is 1.61. The SMILES string of the molecule is N#Cc1ccc(-n2nc(C#N)c(OC3CCNCC3)cc2=O)cc1F. The normalized spacial score (nSPS) is 14.5. The fourth-order valence-electron chi connectivity index (χ4n) is 2.61. The Morgan fingerprint density at radius 2 is 2.00 bits per heavy atom. The fraction of sp³-hybridized carbons (Fsp3) is 0.294. The molecule has 0 amide bonds. The molecule has 7 nitrogen and oxygen atoms in total. The summed E-state index contributed by atoms with van der Waals surface area (Å²) in [4.78, 5) is 12.3. The molecule has 1 saturated heterocycles. The van der Waals surface area contributed by atoms with Gasteiger partial charge in [-0.1, -0.05) is 0 Å². The van der Waals surface area contributed by atoms with E-state index in [4.69, 9.17) is 10.00 Å². The van der Waals surface area contributed by atoms with Crippen molar-refractivity contribution < 1.29 is 9.13 Å². The maximum Gasteiger partial charge on any atom is 0.275 e. The average molecular weight is 339 g/mol. The Bertz CT molecular complexity index is 936. The highest BCUT2D eigenvalue weighted by Crippen LogP contribution is 2.19. The zero-order valence-electron chi connectivity index (χ0n) is 13.2. The summed E-state index contributed by atoms with van der Waals surface area (Å²) in [6, 6.07) is 8.47. The third kappa shape index (κ3) is 3.49. The van der Waals surface area contributed by atoms with Crippen LogP contribution in [0.3, 0.4) is 0 Å². The molecule has 126 valence electrons. The predicted molar refractivity (Wildman–Crippen MR) is 85.7 cm³/mol. The van der Waals surface area contributed by atoms with E-state index in [1.54, 1.807) is 6.07 Å². The lowest BCUT2D eigenvalue weighted by Crippen LogP contribution is -2.34. The number of halogens is 1. The van der Waals surface area contributed by atoms with Crippen LogP contribution in [0.1, 0.15) is 24.1 Å². The van der Waals surface area contributed by atoms with Crippen LogP contribution in [0.5, 0.6) is 5.75 Å². The number of nitrogens with one attached hydrogen (secondary N) is 1. The minimum Gasteiger partial charge on any atom is -0.487 e. The standard InChI is InChI=1S/C17H14FN5O2/c18-14-7-12(2-1-11(14)9-19)23-17(24)8-16(15(10-20)22-23)25-13-3-5-21-6-4-13/h1-2,7-8,13,21H,3-6H2. The zero-order valence-corrected chi connectivity index (χ0v) is 13.2. The van der Waals surface area contributed by atoms with Gasteiger partial charge in [-0.2, -0.15) is 15.2 Å². The Kier molecular flexibility index (Phi) is 4.73. The lowest BCUT2D eigenvalue weighted by molar-refractivity contribution is 0.160. The van der Waals surface area contributed by atoms with Crippen molar-refractivity contribution in [3.63, 3.8) is 0 Å². The Morgan fingerprint density at radius 1 is 1.24 bits per heavy atom. The smallest absolute Gasteiger partial charge is 0.275 e. The summed E-state index contributed by atoms with van der Waals surface area (Å²) in [6.07, 6.45) is 1.46. The highest BCUT2D eigenvalue weighted by molar-refractivity contribution is 5.42. The molecule has 0 radical (unpaired) electrons. The molecule has 0 saturated carbocycles. The van der Waals surface area contributed by atoms with Gasteiger partial charge in [-0.15, -0.1) is 5.10 Å². The lowest BCUT2D eigenvalue weighted by Gasteiger charge is -2.24.